The highest BCUT2D eigenvalue weighted by molar-refractivity contribution is 6.27. The number of fused-ring (bicyclic) bond motifs is 18. The highest BCUT2D eigenvalue weighted by atomic mass is 16.1. The average molecular weight is 598 g/mol. The molecule has 46 heavy (non-hydrogen) atoms. The smallest absolute Gasteiger partial charge is 0.199 e. The molecule has 0 amide bonds. The Bertz CT molecular complexity index is 3350. The number of azo groups is 1. The van der Waals surface area contributed by atoms with E-state index in [1.807, 2.05) is 0 Å². The van der Waals surface area contributed by atoms with E-state index in [2.05, 4.69) is 71.4 Å². The highest BCUT2D eigenvalue weighted by Crippen LogP contribution is 2.38. The lowest BCUT2D eigenvalue weighted by atomic mass is 9.97. The molecule has 12 rings (SSSR count). The number of aromatic nitrogens is 12. The molecule has 0 N–H and O–H groups in total. The predicted molar refractivity (Wildman–Crippen MR) is 160 cm³/mol. The van der Waals surface area contributed by atoms with Crippen molar-refractivity contribution in [2.24, 2.45) is 10.2 Å². The molecule has 0 fully saturated rings. The lowest BCUT2D eigenvalue weighted by Gasteiger charge is -2.12. The van der Waals surface area contributed by atoms with Crippen molar-refractivity contribution in [2.75, 3.05) is 0 Å². The number of rotatable bonds is 2. The van der Waals surface area contributed by atoms with Gasteiger partial charge in [0.25, 0.3) is 0 Å². The summed E-state index contributed by atoms with van der Waals surface area (Å²) in [4.78, 5) is 55.1. The third-order valence-corrected chi connectivity index (χ3v) is 8.92. The summed E-state index contributed by atoms with van der Waals surface area (Å²) in [5.74, 6) is 0. The molecule has 0 bridgehead atoms. The van der Waals surface area contributed by atoms with Gasteiger partial charge in [-0.1, -0.05) is 0 Å². The van der Waals surface area contributed by atoms with Gasteiger partial charge < -0.3 is 0 Å². The molecule has 0 radical (unpaired) electrons. The van der Waals surface area contributed by atoms with Crippen molar-refractivity contribution in [3.63, 3.8) is 0 Å². The molecule has 6 aromatic heterocycles. The quantitative estimate of drug-likeness (QED) is 0.201. The fourth-order valence-electron chi connectivity index (χ4n) is 6.66. The standard InChI is InChI=1S/C28H2N14O4/c43-25-3-1-5(13-15(33-31-13)7(3)27(45)11-9(25)17-21(39-35-17)23-19(11)37-41-23)29-30-6-2-4-8(16-14(6)32-34-16)28(46)12-10(26(4)44)18-22(40-36-18)24-20(12)38-42-24/h1-2H. The Morgan fingerprint density at radius 1 is 0.304 bits per heavy atom. The molecule has 18 nitrogen and oxygen atoms in total. The summed E-state index contributed by atoms with van der Waals surface area (Å²) in [5, 5.41) is 57.2. The Morgan fingerprint density at radius 2 is 0.565 bits per heavy atom. The van der Waals surface area contributed by atoms with Crippen LogP contribution in [-0.4, -0.2) is 61.2 Å². The van der Waals surface area contributed by atoms with Crippen LogP contribution in [0.3, 0.4) is 0 Å². The van der Waals surface area contributed by atoms with Gasteiger partial charge in [0.2, 0.25) is 0 Å². The van der Waals surface area contributed by atoms with Crippen LogP contribution in [0.5, 0.6) is 0 Å². The Hall–Kier alpha value is -7.24. The molecular formula is C28H2N14O4. The maximum Gasteiger partial charge on any atom is 0.199 e. The lowest BCUT2D eigenvalue weighted by molar-refractivity contribution is 1.04. The molecule has 0 aliphatic carbocycles. The van der Waals surface area contributed by atoms with Gasteiger partial charge in [-0.25, -0.2) is 0 Å². The maximum atomic E-state index is 13.8. The van der Waals surface area contributed by atoms with E-state index in [1.165, 1.54) is 12.1 Å². The van der Waals surface area contributed by atoms with Crippen LogP contribution in [0.2, 0.25) is 0 Å². The van der Waals surface area contributed by atoms with Crippen molar-refractivity contribution < 1.29 is 0 Å². The van der Waals surface area contributed by atoms with Gasteiger partial charge in [0.15, 0.2) is 21.7 Å². The number of benzene rings is 6. The van der Waals surface area contributed by atoms with Gasteiger partial charge in [-0.15, -0.1) is 71.4 Å². The highest BCUT2D eigenvalue weighted by Gasteiger charge is 2.29. The summed E-state index contributed by atoms with van der Waals surface area (Å²) in [7, 11) is 0. The molecule has 6 aromatic carbocycles. The van der Waals surface area contributed by atoms with Crippen molar-refractivity contribution in [3.05, 3.63) is 53.0 Å². The van der Waals surface area contributed by atoms with Crippen LogP contribution >= 0.6 is 0 Å². The number of hydrogen-bond acceptors (Lipinski definition) is 18. The van der Waals surface area contributed by atoms with Gasteiger partial charge in [-0.3, -0.25) is 19.2 Å². The molecular weight excluding hydrogens is 596 g/mol. The van der Waals surface area contributed by atoms with Crippen LogP contribution < -0.4 is 21.7 Å². The van der Waals surface area contributed by atoms with E-state index in [-0.39, 0.29) is 87.6 Å². The summed E-state index contributed by atoms with van der Waals surface area (Å²) in [5.41, 5.74) is 2.25. The fourth-order valence-corrected chi connectivity index (χ4v) is 6.66. The van der Waals surface area contributed by atoms with Crippen LogP contribution in [0.15, 0.2) is 41.5 Å². The third-order valence-electron chi connectivity index (χ3n) is 8.92. The zero-order valence-electron chi connectivity index (χ0n) is 22.0. The first kappa shape index (κ1) is 22.3. The average Bonchev–Trinajstić information content (AvgIpc) is 2.94. The molecule has 12 aromatic rings. The Morgan fingerprint density at radius 3 is 0.848 bits per heavy atom. The van der Waals surface area contributed by atoms with E-state index in [4.69, 9.17) is 0 Å². The Labute approximate surface area is 245 Å². The van der Waals surface area contributed by atoms with Crippen molar-refractivity contribution in [2.45, 2.75) is 0 Å². The van der Waals surface area contributed by atoms with Crippen LogP contribution in [0.4, 0.5) is 11.4 Å². The van der Waals surface area contributed by atoms with Gasteiger partial charge in [0.05, 0.1) is 32.3 Å². The normalized spacial score (nSPS) is 13.5. The minimum atomic E-state index is -0.468. The summed E-state index contributed by atoms with van der Waals surface area (Å²) < 4.78 is 0. The molecule has 0 unspecified atom stereocenters. The summed E-state index contributed by atoms with van der Waals surface area (Å²) >= 11 is 0. The fraction of sp³-hybridized carbons (Fsp3) is 0. The monoisotopic (exact) mass is 598 g/mol. The molecule has 0 saturated heterocycles. The summed E-state index contributed by atoms with van der Waals surface area (Å²) in [6, 6.07) is 2.83. The molecule has 0 saturated carbocycles. The van der Waals surface area contributed by atoms with Gasteiger partial charge in [0.1, 0.15) is 77.6 Å². The predicted octanol–water partition coefficient (Wildman–Crippen LogP) is 1.32. The SMILES string of the molecule is O=c1c2cc(N=Nc3cc4c(=O)c5c6nnc6c6nnc6c5c(=O)c4c4nnc34)c3nnc3c2c(=O)c2c3nnc3c3nnc3c12. The second kappa shape index (κ2) is 6.78. The zero-order valence-corrected chi connectivity index (χ0v) is 22.0. The first-order chi connectivity index (χ1) is 22.5. The zero-order chi connectivity index (χ0) is 30.3. The molecule has 0 aliphatic rings. The first-order valence-corrected chi connectivity index (χ1v) is 13.5. The molecule has 6 heterocycles. The number of nitrogens with zero attached hydrogens (tertiary/aromatic N) is 14. The summed E-state index contributed by atoms with van der Waals surface area (Å²) in [6.45, 7) is 0. The summed E-state index contributed by atoms with van der Waals surface area (Å²) in [6.07, 6.45) is 0. The molecule has 0 spiro atoms. The van der Waals surface area contributed by atoms with E-state index in [9.17, 15) is 19.2 Å². The maximum absolute atomic E-state index is 13.8. The van der Waals surface area contributed by atoms with Gasteiger partial charge in [-0.05, 0) is 12.1 Å². The van der Waals surface area contributed by atoms with E-state index >= 15 is 0 Å². The van der Waals surface area contributed by atoms with Crippen molar-refractivity contribution in [1.29, 1.82) is 0 Å². The van der Waals surface area contributed by atoms with E-state index in [0.29, 0.717) is 33.1 Å². The topological polar surface area (TPSA) is 248 Å². The van der Waals surface area contributed by atoms with E-state index < -0.39 is 21.7 Å². The molecule has 18 heteroatoms. The van der Waals surface area contributed by atoms with Crippen molar-refractivity contribution >= 4 is 121 Å². The van der Waals surface area contributed by atoms with E-state index in [0.717, 1.165) is 0 Å². The van der Waals surface area contributed by atoms with Gasteiger partial charge in [0, 0.05) is 10.8 Å². The van der Waals surface area contributed by atoms with Crippen LogP contribution in [0, 0.1) is 0 Å². The third kappa shape index (κ3) is 2.15. The lowest BCUT2D eigenvalue weighted by Crippen LogP contribution is -2.18. The molecule has 0 aliphatic heterocycles. The molecule has 208 valence electrons. The Kier molecular flexibility index (Phi) is 3.29. The van der Waals surface area contributed by atoms with Gasteiger partial charge >= 0.3 is 0 Å². The van der Waals surface area contributed by atoms with Crippen LogP contribution in [0.1, 0.15) is 0 Å². The number of hydrogen-bond donors (Lipinski definition) is 0. The van der Waals surface area contributed by atoms with Crippen molar-refractivity contribution in [1.82, 2.24) is 61.2 Å². The second-order valence-electron chi connectivity index (χ2n) is 11.0. The van der Waals surface area contributed by atoms with Gasteiger partial charge in [-0.2, -0.15) is 0 Å². The minimum absolute atomic E-state index is 0.0561. The van der Waals surface area contributed by atoms with Crippen LogP contribution in [0.25, 0.3) is 109 Å². The minimum Gasteiger partial charge on any atom is -0.288 e. The van der Waals surface area contributed by atoms with E-state index in [1.54, 1.807) is 0 Å². The Balaban J connectivity index is 1.11. The first-order valence-electron chi connectivity index (χ1n) is 13.5. The largest absolute Gasteiger partial charge is 0.288 e. The second-order valence-corrected chi connectivity index (χ2v) is 11.0. The van der Waals surface area contributed by atoms with Crippen LogP contribution in [-0.2, 0) is 0 Å². The van der Waals surface area contributed by atoms with Crippen molar-refractivity contribution in [3.8, 4) is 0 Å². The molecule has 0 atom stereocenters.